The molecule has 2 fully saturated rings. The highest BCUT2D eigenvalue weighted by Crippen LogP contribution is 2.29. The van der Waals surface area contributed by atoms with Crippen LogP contribution in [-0.4, -0.2) is 74.9 Å². The maximum absolute atomic E-state index is 12.5. The van der Waals surface area contributed by atoms with Gasteiger partial charge in [0, 0.05) is 49.5 Å². The van der Waals surface area contributed by atoms with E-state index in [0.29, 0.717) is 5.92 Å². The SMILES string of the molecule is CCN(CC(=O)O)C1CC(NC(=O)N2CCC(c3ccnn3CC)CC2)C1. The van der Waals surface area contributed by atoms with Crippen LogP contribution in [0.3, 0.4) is 0 Å². The van der Waals surface area contributed by atoms with Crippen LogP contribution in [0.5, 0.6) is 0 Å². The number of carbonyl (C=O) groups is 2. The minimum Gasteiger partial charge on any atom is -0.480 e. The molecule has 0 spiro atoms. The van der Waals surface area contributed by atoms with Crippen LogP contribution in [0.25, 0.3) is 0 Å². The van der Waals surface area contributed by atoms with Gasteiger partial charge >= 0.3 is 12.0 Å². The number of rotatable bonds is 7. The van der Waals surface area contributed by atoms with E-state index in [-0.39, 0.29) is 24.7 Å². The highest BCUT2D eigenvalue weighted by Gasteiger charge is 2.36. The predicted molar refractivity (Wildman–Crippen MR) is 102 cm³/mol. The number of hydrogen-bond acceptors (Lipinski definition) is 4. The van der Waals surface area contributed by atoms with Crippen LogP contribution >= 0.6 is 0 Å². The molecule has 1 aromatic rings. The summed E-state index contributed by atoms with van der Waals surface area (Å²) in [4.78, 5) is 27.3. The fourth-order valence-corrected chi connectivity index (χ4v) is 4.27. The summed E-state index contributed by atoms with van der Waals surface area (Å²) in [7, 11) is 0. The molecule has 0 atom stereocenters. The second kappa shape index (κ2) is 8.73. The summed E-state index contributed by atoms with van der Waals surface area (Å²) < 4.78 is 2.05. The Morgan fingerprint density at radius 2 is 2.00 bits per heavy atom. The number of amides is 2. The standard InChI is InChI=1S/C19H31N5O3/c1-3-22(13-18(25)26)16-11-15(12-16)21-19(27)23-9-6-14(7-10-23)17-5-8-20-24(17)4-2/h5,8,14-16H,3-4,6-7,9-13H2,1-2H3,(H,21,27)(H,25,26). The van der Waals surface area contributed by atoms with Gasteiger partial charge in [-0.05, 0) is 45.2 Å². The average molecular weight is 377 g/mol. The number of aromatic nitrogens is 2. The van der Waals surface area contributed by atoms with E-state index in [4.69, 9.17) is 5.11 Å². The van der Waals surface area contributed by atoms with Crippen LogP contribution in [0.4, 0.5) is 4.79 Å². The van der Waals surface area contributed by atoms with Gasteiger partial charge in [-0.15, -0.1) is 0 Å². The monoisotopic (exact) mass is 377 g/mol. The number of carbonyl (C=O) groups excluding carboxylic acids is 1. The number of carboxylic acid groups (broad SMARTS) is 1. The van der Waals surface area contributed by atoms with Crippen molar-refractivity contribution in [2.75, 3.05) is 26.2 Å². The van der Waals surface area contributed by atoms with E-state index in [1.165, 1.54) is 5.69 Å². The first-order valence-corrected chi connectivity index (χ1v) is 10.0. The molecule has 0 unspecified atom stereocenters. The van der Waals surface area contributed by atoms with Crippen LogP contribution in [0, 0.1) is 0 Å². The Bertz CT molecular complexity index is 648. The third-order valence-corrected chi connectivity index (χ3v) is 5.95. The maximum Gasteiger partial charge on any atom is 0.317 e. The topological polar surface area (TPSA) is 90.7 Å². The van der Waals surface area contributed by atoms with Crippen molar-refractivity contribution >= 4 is 12.0 Å². The lowest BCUT2D eigenvalue weighted by atomic mass is 9.85. The first-order valence-electron chi connectivity index (χ1n) is 10.0. The summed E-state index contributed by atoms with van der Waals surface area (Å²) in [6.45, 7) is 7.28. The number of aliphatic carboxylic acids is 1. The molecule has 1 saturated carbocycles. The molecule has 8 nitrogen and oxygen atoms in total. The summed E-state index contributed by atoms with van der Waals surface area (Å²) in [5.74, 6) is -0.324. The summed E-state index contributed by atoms with van der Waals surface area (Å²) in [6, 6.07) is 2.53. The number of likely N-dealkylation sites (tertiary alicyclic amines) is 1. The molecule has 2 heterocycles. The van der Waals surface area contributed by atoms with Crippen molar-refractivity contribution in [1.82, 2.24) is 24.9 Å². The molecule has 0 radical (unpaired) electrons. The highest BCUT2D eigenvalue weighted by molar-refractivity contribution is 5.74. The van der Waals surface area contributed by atoms with Gasteiger partial charge < -0.3 is 15.3 Å². The first-order chi connectivity index (χ1) is 13.0. The van der Waals surface area contributed by atoms with Crippen molar-refractivity contribution in [1.29, 1.82) is 0 Å². The quantitative estimate of drug-likeness (QED) is 0.755. The van der Waals surface area contributed by atoms with E-state index in [9.17, 15) is 9.59 Å². The van der Waals surface area contributed by atoms with Crippen molar-refractivity contribution in [2.24, 2.45) is 0 Å². The van der Waals surface area contributed by atoms with Crippen LogP contribution in [0.1, 0.15) is 51.1 Å². The number of piperidine rings is 1. The molecule has 1 aliphatic carbocycles. The molecule has 2 N–H and O–H groups in total. The van der Waals surface area contributed by atoms with Gasteiger partial charge in [-0.3, -0.25) is 14.4 Å². The van der Waals surface area contributed by atoms with Gasteiger partial charge in [0.1, 0.15) is 0 Å². The largest absolute Gasteiger partial charge is 0.480 e. The van der Waals surface area contributed by atoms with E-state index in [1.54, 1.807) is 0 Å². The molecule has 0 bridgehead atoms. The van der Waals surface area contributed by atoms with Crippen LogP contribution < -0.4 is 5.32 Å². The van der Waals surface area contributed by atoms with Gasteiger partial charge in [0.15, 0.2) is 0 Å². The molecule has 1 aliphatic heterocycles. The predicted octanol–water partition coefficient (Wildman–Crippen LogP) is 1.73. The van der Waals surface area contributed by atoms with Crippen molar-refractivity contribution in [3.63, 3.8) is 0 Å². The van der Waals surface area contributed by atoms with Gasteiger partial charge in [-0.25, -0.2) is 4.79 Å². The zero-order valence-corrected chi connectivity index (χ0v) is 16.3. The van der Waals surface area contributed by atoms with E-state index in [1.807, 2.05) is 27.6 Å². The van der Waals surface area contributed by atoms with Crippen molar-refractivity contribution in [3.8, 4) is 0 Å². The summed E-state index contributed by atoms with van der Waals surface area (Å²) in [6.07, 6.45) is 5.45. The molecule has 2 amide bonds. The summed E-state index contributed by atoms with van der Waals surface area (Å²) in [5.41, 5.74) is 1.28. The Balaban J connectivity index is 1.41. The lowest BCUT2D eigenvalue weighted by Crippen LogP contribution is -2.57. The molecule has 0 aromatic carbocycles. The molecule has 3 rings (SSSR count). The lowest BCUT2D eigenvalue weighted by molar-refractivity contribution is -0.139. The van der Waals surface area contributed by atoms with Gasteiger partial charge in [0.25, 0.3) is 0 Å². The third-order valence-electron chi connectivity index (χ3n) is 5.95. The number of likely N-dealkylation sites (N-methyl/N-ethyl adjacent to an activating group) is 1. The fourth-order valence-electron chi connectivity index (χ4n) is 4.27. The molecule has 2 aliphatic rings. The second-order valence-electron chi connectivity index (χ2n) is 7.56. The zero-order chi connectivity index (χ0) is 19.4. The second-order valence-corrected chi connectivity index (χ2v) is 7.56. The van der Waals surface area contributed by atoms with Crippen LogP contribution in [0.2, 0.25) is 0 Å². The molecular weight excluding hydrogens is 346 g/mol. The number of hydrogen-bond donors (Lipinski definition) is 2. The molecule has 1 aromatic heterocycles. The Labute approximate surface area is 160 Å². The number of nitrogens with zero attached hydrogens (tertiary/aromatic N) is 4. The van der Waals surface area contributed by atoms with Gasteiger partial charge in [0.05, 0.1) is 6.54 Å². The normalized spacial score (nSPS) is 23.3. The number of nitrogens with one attached hydrogen (secondary N) is 1. The highest BCUT2D eigenvalue weighted by atomic mass is 16.4. The molecule has 1 saturated heterocycles. The Morgan fingerprint density at radius 3 is 2.59 bits per heavy atom. The fraction of sp³-hybridized carbons (Fsp3) is 0.737. The van der Waals surface area contributed by atoms with Gasteiger partial charge in [-0.1, -0.05) is 6.92 Å². The lowest BCUT2D eigenvalue weighted by Gasteiger charge is -2.43. The van der Waals surface area contributed by atoms with Gasteiger partial charge in [0.2, 0.25) is 0 Å². The minimum absolute atomic E-state index is 0.0159. The Morgan fingerprint density at radius 1 is 1.30 bits per heavy atom. The van der Waals surface area contributed by atoms with E-state index in [2.05, 4.69) is 23.4 Å². The van der Waals surface area contributed by atoms with Crippen LogP contribution in [-0.2, 0) is 11.3 Å². The number of aryl methyl sites for hydroxylation is 1. The maximum atomic E-state index is 12.5. The minimum atomic E-state index is -0.795. The van der Waals surface area contributed by atoms with Gasteiger partial charge in [-0.2, -0.15) is 5.10 Å². The van der Waals surface area contributed by atoms with E-state index < -0.39 is 5.97 Å². The Hall–Kier alpha value is -2.09. The first kappa shape index (κ1) is 19.7. The van der Waals surface area contributed by atoms with Crippen molar-refractivity contribution < 1.29 is 14.7 Å². The molecular formula is C19H31N5O3. The molecule has 8 heteroatoms. The summed E-state index contributed by atoms with van der Waals surface area (Å²) in [5, 5.41) is 16.4. The number of carboxylic acids is 1. The van der Waals surface area contributed by atoms with Crippen molar-refractivity contribution in [3.05, 3.63) is 18.0 Å². The molecule has 150 valence electrons. The zero-order valence-electron chi connectivity index (χ0n) is 16.3. The summed E-state index contributed by atoms with van der Waals surface area (Å²) >= 11 is 0. The van der Waals surface area contributed by atoms with Crippen LogP contribution in [0.15, 0.2) is 12.3 Å². The third kappa shape index (κ3) is 4.61. The van der Waals surface area contributed by atoms with E-state index in [0.717, 1.165) is 51.9 Å². The average Bonchev–Trinajstić information content (AvgIpc) is 3.11. The van der Waals surface area contributed by atoms with Crippen molar-refractivity contribution in [2.45, 2.75) is 64.1 Å². The number of urea groups is 1. The smallest absolute Gasteiger partial charge is 0.317 e. The Kier molecular flexibility index (Phi) is 6.36. The van der Waals surface area contributed by atoms with E-state index >= 15 is 0 Å². The molecule has 27 heavy (non-hydrogen) atoms.